The second-order valence-electron chi connectivity index (χ2n) is 8.76. The molecule has 0 bridgehead atoms. The normalized spacial score (nSPS) is 24.9. The van der Waals surface area contributed by atoms with Crippen LogP contribution in [0.3, 0.4) is 0 Å². The van der Waals surface area contributed by atoms with Crippen molar-refractivity contribution in [3.63, 3.8) is 0 Å². The number of anilines is 2. The standard InChI is InChI=1S/C22H24Cl2N7O6P/c1-12(13(2)32)10-38(34,37-14-6-4-3-5-7-14)35-9-15-17(33)22(23,24)21(11-25,36-15)16-8-28-19-18(26)29-20(27)30-31(16)19/h3-8,12,15,17,33H,9-10H2,1-2H3,(H4,26,27,29,30)/t12-,15-,17+,21+,38?/m1/s1. The van der Waals surface area contributed by atoms with E-state index >= 15 is 0 Å². The number of Topliss-reactive ketones (excluding diaryl/α,β-unsaturated/α-hetero) is 1. The maximum Gasteiger partial charge on any atom is 0.379 e. The van der Waals surface area contributed by atoms with Gasteiger partial charge in [-0.15, -0.1) is 5.10 Å². The molecule has 0 aliphatic carbocycles. The Morgan fingerprint density at radius 2 is 2.05 bits per heavy atom. The first-order valence-corrected chi connectivity index (χ1v) is 13.7. The number of benzene rings is 1. The predicted octanol–water partition coefficient (Wildman–Crippen LogP) is 2.45. The van der Waals surface area contributed by atoms with Gasteiger partial charge in [0.25, 0.3) is 0 Å². The molecule has 16 heteroatoms. The van der Waals surface area contributed by atoms with Crippen molar-refractivity contribution in [3.8, 4) is 11.8 Å². The number of aliphatic hydroxyl groups excluding tert-OH is 1. The molecule has 2 aromatic heterocycles. The number of nitriles is 1. The maximum absolute atomic E-state index is 13.7. The summed E-state index contributed by atoms with van der Waals surface area (Å²) < 4.78 is 29.8. The number of alkyl halides is 2. The minimum absolute atomic E-state index is 0.0460. The summed E-state index contributed by atoms with van der Waals surface area (Å²) in [7, 11) is -3.99. The molecule has 1 fully saturated rings. The predicted molar refractivity (Wildman–Crippen MR) is 138 cm³/mol. The van der Waals surface area contributed by atoms with E-state index < -0.39 is 42.3 Å². The summed E-state index contributed by atoms with van der Waals surface area (Å²) in [6.45, 7) is 2.38. The number of rotatable bonds is 9. The fourth-order valence-electron chi connectivity index (χ4n) is 3.90. The number of aliphatic hydroxyl groups is 1. The largest absolute Gasteiger partial charge is 0.424 e. The molecule has 202 valence electrons. The van der Waals surface area contributed by atoms with Gasteiger partial charge >= 0.3 is 7.60 Å². The van der Waals surface area contributed by atoms with Crippen molar-refractivity contribution in [1.29, 1.82) is 5.26 Å². The molecule has 38 heavy (non-hydrogen) atoms. The highest BCUT2D eigenvalue weighted by molar-refractivity contribution is 7.54. The fourth-order valence-corrected chi connectivity index (χ4v) is 6.52. The van der Waals surface area contributed by atoms with Crippen LogP contribution >= 0.6 is 30.8 Å². The van der Waals surface area contributed by atoms with E-state index in [1.165, 1.54) is 13.1 Å². The molecule has 0 saturated carbocycles. The van der Waals surface area contributed by atoms with E-state index in [0.717, 1.165) is 4.52 Å². The van der Waals surface area contributed by atoms with Crippen molar-refractivity contribution in [1.82, 2.24) is 19.6 Å². The quantitative estimate of drug-likeness (QED) is 0.245. The topological polar surface area (TPSA) is 201 Å². The van der Waals surface area contributed by atoms with Crippen LogP contribution < -0.4 is 16.0 Å². The molecule has 1 saturated heterocycles. The molecule has 0 amide bonds. The van der Waals surface area contributed by atoms with Gasteiger partial charge in [-0.2, -0.15) is 10.2 Å². The van der Waals surface area contributed by atoms with E-state index in [-0.39, 0.29) is 40.8 Å². The lowest BCUT2D eigenvalue weighted by Gasteiger charge is -2.29. The summed E-state index contributed by atoms with van der Waals surface area (Å²) in [6, 6.07) is 10.1. The number of fused-ring (bicyclic) bond motifs is 1. The van der Waals surface area contributed by atoms with Gasteiger partial charge in [0.05, 0.1) is 19.0 Å². The van der Waals surface area contributed by atoms with Gasteiger partial charge in [-0.1, -0.05) is 48.3 Å². The zero-order valence-corrected chi connectivity index (χ0v) is 22.6. The first-order chi connectivity index (χ1) is 17.8. The Morgan fingerprint density at radius 1 is 1.37 bits per heavy atom. The number of hydrogen-bond acceptors (Lipinski definition) is 12. The first kappa shape index (κ1) is 28.0. The minimum atomic E-state index is -3.99. The molecule has 5 atom stereocenters. The Labute approximate surface area is 227 Å². The number of ether oxygens (including phenoxy) is 1. The van der Waals surface area contributed by atoms with Crippen molar-refractivity contribution < 1.29 is 28.3 Å². The van der Waals surface area contributed by atoms with Crippen molar-refractivity contribution in [3.05, 3.63) is 42.2 Å². The van der Waals surface area contributed by atoms with Crippen LogP contribution in [-0.2, 0) is 24.2 Å². The molecule has 5 N–H and O–H groups in total. The van der Waals surface area contributed by atoms with Gasteiger partial charge in [-0.25, -0.2) is 14.1 Å². The highest BCUT2D eigenvalue weighted by Gasteiger charge is 2.68. The lowest BCUT2D eigenvalue weighted by molar-refractivity contribution is -0.119. The van der Waals surface area contributed by atoms with Gasteiger partial charge in [0.15, 0.2) is 15.8 Å². The van der Waals surface area contributed by atoms with E-state index in [1.807, 2.05) is 6.07 Å². The molecule has 4 rings (SSSR count). The van der Waals surface area contributed by atoms with Crippen molar-refractivity contribution >= 4 is 54.0 Å². The number of imidazole rings is 1. The van der Waals surface area contributed by atoms with E-state index in [4.69, 9.17) is 48.5 Å². The molecule has 3 aromatic rings. The van der Waals surface area contributed by atoms with Crippen LogP contribution in [0.4, 0.5) is 11.8 Å². The lowest BCUT2D eigenvalue weighted by Crippen LogP contribution is -2.45. The summed E-state index contributed by atoms with van der Waals surface area (Å²) in [5.74, 6) is -0.945. The Kier molecular flexibility index (Phi) is 7.60. The zero-order chi connectivity index (χ0) is 27.9. The molecule has 0 spiro atoms. The maximum atomic E-state index is 13.7. The van der Waals surface area contributed by atoms with Crippen LogP contribution in [0.25, 0.3) is 5.65 Å². The van der Waals surface area contributed by atoms with Crippen LogP contribution in [0.2, 0.25) is 0 Å². The number of carbonyl (C=O) groups is 1. The third-order valence-corrected chi connectivity index (χ3v) is 9.06. The Bertz CT molecular complexity index is 1450. The number of carbonyl (C=O) groups excluding carboxylic acids is 1. The van der Waals surface area contributed by atoms with Gasteiger partial charge in [0.2, 0.25) is 11.5 Å². The molecule has 0 radical (unpaired) electrons. The number of nitrogens with zero attached hydrogens (tertiary/aromatic N) is 5. The van der Waals surface area contributed by atoms with E-state index in [9.17, 15) is 19.7 Å². The number of para-hydroxylation sites is 1. The third kappa shape index (κ3) is 4.91. The van der Waals surface area contributed by atoms with Gasteiger partial charge < -0.3 is 25.8 Å². The molecule has 13 nitrogen and oxygen atoms in total. The number of nitrogen functional groups attached to an aromatic ring is 2. The molecular weight excluding hydrogens is 560 g/mol. The summed E-state index contributed by atoms with van der Waals surface area (Å²) in [5, 5.41) is 25.2. The molecule has 1 unspecified atom stereocenters. The smallest absolute Gasteiger partial charge is 0.379 e. The lowest BCUT2D eigenvalue weighted by atomic mass is 9.95. The second-order valence-corrected chi connectivity index (χ2v) is 12.2. The average Bonchev–Trinajstić information content (AvgIpc) is 3.36. The van der Waals surface area contributed by atoms with Crippen molar-refractivity contribution in [2.24, 2.45) is 5.92 Å². The van der Waals surface area contributed by atoms with E-state index in [0.29, 0.717) is 0 Å². The van der Waals surface area contributed by atoms with E-state index in [2.05, 4.69) is 15.1 Å². The van der Waals surface area contributed by atoms with Crippen LogP contribution in [0.5, 0.6) is 5.75 Å². The number of nitrogens with two attached hydrogens (primary N) is 2. The number of halogens is 2. The monoisotopic (exact) mass is 583 g/mol. The van der Waals surface area contributed by atoms with Crippen LogP contribution in [0, 0.1) is 17.2 Å². The summed E-state index contributed by atoms with van der Waals surface area (Å²) in [4.78, 5) is 19.8. The van der Waals surface area contributed by atoms with Gasteiger partial charge in [-0.3, -0.25) is 9.32 Å². The highest BCUT2D eigenvalue weighted by atomic mass is 35.5. The van der Waals surface area contributed by atoms with Gasteiger partial charge in [-0.05, 0) is 19.1 Å². The van der Waals surface area contributed by atoms with Crippen LogP contribution in [-0.4, -0.2) is 59.8 Å². The second kappa shape index (κ2) is 10.3. The Morgan fingerprint density at radius 3 is 2.68 bits per heavy atom. The van der Waals surface area contributed by atoms with Crippen molar-refractivity contribution in [2.45, 2.75) is 36.0 Å². The number of aromatic nitrogens is 4. The SMILES string of the molecule is CC(=O)[C@H](C)CP(=O)(OC[C@H]1O[C@@](C#N)(c2cnc3c(N)nc(N)nn23)C(Cl)(Cl)[C@H]1O)Oc1ccccc1. The summed E-state index contributed by atoms with van der Waals surface area (Å²) >= 11 is 13.1. The Hall–Kier alpha value is -2.98. The van der Waals surface area contributed by atoms with E-state index in [1.54, 1.807) is 37.3 Å². The Balaban J connectivity index is 1.66. The molecule has 3 heterocycles. The number of hydrogen-bond donors (Lipinski definition) is 3. The van der Waals surface area contributed by atoms with Crippen molar-refractivity contribution in [2.75, 3.05) is 24.2 Å². The first-order valence-electron chi connectivity index (χ1n) is 11.2. The summed E-state index contributed by atoms with van der Waals surface area (Å²) in [5.41, 5.74) is 9.27. The number of ketones is 1. The van der Waals surface area contributed by atoms with Crippen LogP contribution in [0.1, 0.15) is 19.5 Å². The molecular formula is C22H24Cl2N7O6P. The highest BCUT2D eigenvalue weighted by Crippen LogP contribution is 2.55. The molecule has 1 aliphatic rings. The third-order valence-electron chi connectivity index (χ3n) is 6.06. The zero-order valence-electron chi connectivity index (χ0n) is 20.2. The van der Waals surface area contributed by atoms with Gasteiger partial charge in [0, 0.05) is 5.92 Å². The molecule has 1 aromatic carbocycles. The fraction of sp³-hybridized carbons (Fsp3) is 0.409. The average molecular weight is 584 g/mol. The summed E-state index contributed by atoms with van der Waals surface area (Å²) in [6.07, 6.45) is -2.15. The van der Waals surface area contributed by atoms with Crippen LogP contribution in [0.15, 0.2) is 36.5 Å². The minimum Gasteiger partial charge on any atom is -0.424 e. The van der Waals surface area contributed by atoms with Gasteiger partial charge in [0.1, 0.15) is 35.5 Å². The molecule has 1 aliphatic heterocycles.